The van der Waals surface area contributed by atoms with Crippen molar-refractivity contribution >= 4 is 24.0 Å². The zero-order valence-corrected chi connectivity index (χ0v) is 12.3. The third-order valence-electron chi connectivity index (χ3n) is 2.34. The number of non-ortho nitro benzene ring substituents is 1. The lowest BCUT2D eigenvalue weighted by atomic mass is 10.1. The Hall–Kier alpha value is -1.86. The van der Waals surface area contributed by atoms with Gasteiger partial charge >= 0.3 is 0 Å². The average molecular weight is 304 g/mol. The van der Waals surface area contributed by atoms with Gasteiger partial charge in [0, 0.05) is 24.2 Å². The summed E-state index contributed by atoms with van der Waals surface area (Å²) in [6, 6.07) is 3.85. The first-order chi connectivity index (χ1) is 8.74. The van der Waals surface area contributed by atoms with Crippen LogP contribution < -0.4 is 15.8 Å². The maximum absolute atomic E-state index is 12.0. The summed E-state index contributed by atoms with van der Waals surface area (Å²) in [6.45, 7) is 3.77. The minimum Gasteiger partial charge on any atom is -0.496 e. The number of nitrogens with one attached hydrogen (secondary N) is 1. The van der Waals surface area contributed by atoms with Crippen molar-refractivity contribution in [3.05, 3.63) is 33.9 Å². The fourth-order valence-electron chi connectivity index (χ4n) is 1.39. The molecule has 8 heteroatoms. The van der Waals surface area contributed by atoms with Gasteiger partial charge in [-0.2, -0.15) is 0 Å². The van der Waals surface area contributed by atoms with E-state index in [1.54, 1.807) is 13.8 Å². The Kier molecular flexibility index (Phi) is 6.41. The Labute approximate surface area is 123 Å². The van der Waals surface area contributed by atoms with Crippen LogP contribution in [0.2, 0.25) is 0 Å². The van der Waals surface area contributed by atoms with E-state index in [9.17, 15) is 14.9 Å². The molecular weight excluding hydrogens is 286 g/mol. The van der Waals surface area contributed by atoms with Crippen molar-refractivity contribution in [3.8, 4) is 5.75 Å². The summed E-state index contributed by atoms with van der Waals surface area (Å²) in [5, 5.41) is 13.3. The van der Waals surface area contributed by atoms with Crippen LogP contribution in [0.3, 0.4) is 0 Å². The number of hydrogen-bond donors (Lipinski definition) is 2. The third kappa shape index (κ3) is 5.02. The van der Waals surface area contributed by atoms with Gasteiger partial charge in [0.05, 0.1) is 17.6 Å². The molecule has 0 heterocycles. The van der Waals surface area contributed by atoms with Crippen LogP contribution in [0, 0.1) is 10.1 Å². The summed E-state index contributed by atoms with van der Waals surface area (Å²) in [7, 11) is 1.39. The van der Waals surface area contributed by atoms with Gasteiger partial charge in [-0.3, -0.25) is 14.9 Å². The Bertz CT molecular complexity index is 500. The van der Waals surface area contributed by atoms with Crippen LogP contribution in [0.5, 0.6) is 5.75 Å². The van der Waals surface area contributed by atoms with Crippen molar-refractivity contribution < 1.29 is 14.5 Å². The molecule has 112 valence electrons. The third-order valence-corrected chi connectivity index (χ3v) is 2.34. The molecular formula is C12H18ClN3O4. The molecule has 0 aliphatic rings. The smallest absolute Gasteiger partial charge is 0.270 e. The number of hydrogen-bond acceptors (Lipinski definition) is 5. The minimum absolute atomic E-state index is 0. The predicted molar refractivity (Wildman–Crippen MR) is 77.5 cm³/mol. The van der Waals surface area contributed by atoms with Gasteiger partial charge in [0.15, 0.2) is 0 Å². The van der Waals surface area contributed by atoms with Gasteiger partial charge in [0.1, 0.15) is 5.75 Å². The average Bonchev–Trinajstić information content (AvgIpc) is 2.34. The first kappa shape index (κ1) is 18.1. The highest BCUT2D eigenvalue weighted by molar-refractivity contribution is 5.97. The van der Waals surface area contributed by atoms with Crippen molar-refractivity contribution in [1.82, 2.24) is 5.32 Å². The van der Waals surface area contributed by atoms with E-state index in [0.717, 1.165) is 0 Å². The topological polar surface area (TPSA) is 107 Å². The van der Waals surface area contributed by atoms with Gasteiger partial charge in [-0.05, 0) is 19.9 Å². The monoisotopic (exact) mass is 303 g/mol. The SMILES string of the molecule is COc1ccc([N+](=O)[O-])cc1C(=O)NCC(C)(C)N.Cl. The van der Waals surface area contributed by atoms with Crippen LogP contribution in [0.1, 0.15) is 24.2 Å². The molecule has 0 atom stereocenters. The number of nitro groups is 1. The number of nitrogens with zero attached hydrogens (tertiary/aromatic N) is 1. The molecule has 0 spiro atoms. The van der Waals surface area contributed by atoms with Crippen molar-refractivity contribution in [3.63, 3.8) is 0 Å². The van der Waals surface area contributed by atoms with Gasteiger partial charge < -0.3 is 15.8 Å². The second kappa shape index (κ2) is 7.06. The Morgan fingerprint density at radius 1 is 1.50 bits per heavy atom. The Morgan fingerprint density at radius 3 is 2.55 bits per heavy atom. The molecule has 1 aromatic rings. The number of methoxy groups -OCH3 is 1. The molecule has 0 saturated heterocycles. The summed E-state index contributed by atoms with van der Waals surface area (Å²) < 4.78 is 5.02. The lowest BCUT2D eigenvalue weighted by Gasteiger charge is -2.19. The van der Waals surface area contributed by atoms with Gasteiger partial charge in [0.25, 0.3) is 11.6 Å². The van der Waals surface area contributed by atoms with E-state index >= 15 is 0 Å². The number of carbonyl (C=O) groups is 1. The lowest BCUT2D eigenvalue weighted by molar-refractivity contribution is -0.384. The van der Waals surface area contributed by atoms with Gasteiger partial charge in [0.2, 0.25) is 0 Å². The molecule has 0 unspecified atom stereocenters. The molecule has 0 fully saturated rings. The number of benzene rings is 1. The molecule has 0 aliphatic carbocycles. The fourth-order valence-corrected chi connectivity index (χ4v) is 1.39. The molecule has 0 aromatic heterocycles. The highest BCUT2D eigenvalue weighted by atomic mass is 35.5. The molecule has 7 nitrogen and oxygen atoms in total. The number of carbonyl (C=O) groups excluding carboxylic acids is 1. The van der Waals surface area contributed by atoms with E-state index < -0.39 is 16.4 Å². The molecule has 1 aromatic carbocycles. The zero-order valence-electron chi connectivity index (χ0n) is 11.5. The van der Waals surface area contributed by atoms with Gasteiger partial charge in [-0.1, -0.05) is 0 Å². The first-order valence-corrected chi connectivity index (χ1v) is 5.64. The van der Waals surface area contributed by atoms with Crippen LogP contribution in [-0.4, -0.2) is 30.0 Å². The summed E-state index contributed by atoms with van der Waals surface area (Å²) in [5.74, 6) is -0.183. The largest absolute Gasteiger partial charge is 0.496 e. The van der Waals surface area contributed by atoms with E-state index in [1.165, 1.54) is 25.3 Å². The molecule has 1 amide bonds. The number of ether oxygens (including phenoxy) is 1. The predicted octanol–water partition coefficient (Wildman–Crippen LogP) is 1.49. The van der Waals surface area contributed by atoms with Gasteiger partial charge in [-0.25, -0.2) is 0 Å². The Balaban J connectivity index is 0.00000361. The highest BCUT2D eigenvalue weighted by Crippen LogP contribution is 2.23. The van der Waals surface area contributed by atoms with E-state index in [2.05, 4.69) is 5.32 Å². The number of nitrogens with two attached hydrogens (primary N) is 1. The molecule has 3 N–H and O–H groups in total. The lowest BCUT2D eigenvalue weighted by Crippen LogP contribution is -2.45. The van der Waals surface area contributed by atoms with Crippen molar-refractivity contribution in [2.45, 2.75) is 19.4 Å². The molecule has 0 bridgehead atoms. The quantitative estimate of drug-likeness (QED) is 0.633. The van der Waals surface area contributed by atoms with Crippen LogP contribution in [0.15, 0.2) is 18.2 Å². The maximum atomic E-state index is 12.0. The standard InChI is InChI=1S/C12H17N3O4.ClH/c1-12(2,13)7-14-11(16)9-6-8(15(17)18)4-5-10(9)19-3;/h4-6H,7,13H2,1-3H3,(H,14,16);1H. The van der Waals surface area contributed by atoms with Crippen LogP contribution in [-0.2, 0) is 0 Å². The maximum Gasteiger partial charge on any atom is 0.270 e. The van der Waals surface area contributed by atoms with E-state index in [-0.39, 0.29) is 36.0 Å². The zero-order chi connectivity index (χ0) is 14.6. The molecule has 1 rings (SSSR count). The van der Waals surface area contributed by atoms with Crippen LogP contribution in [0.25, 0.3) is 0 Å². The van der Waals surface area contributed by atoms with Crippen molar-refractivity contribution in [2.75, 3.05) is 13.7 Å². The normalized spacial score (nSPS) is 10.4. The Morgan fingerprint density at radius 2 is 2.10 bits per heavy atom. The van der Waals surface area contributed by atoms with Crippen molar-refractivity contribution in [2.24, 2.45) is 5.73 Å². The summed E-state index contributed by atoms with van der Waals surface area (Å²) in [5.41, 5.74) is 5.13. The number of halogens is 1. The first-order valence-electron chi connectivity index (χ1n) is 5.64. The van der Waals surface area contributed by atoms with E-state index in [1.807, 2.05) is 0 Å². The molecule has 20 heavy (non-hydrogen) atoms. The minimum atomic E-state index is -0.566. The molecule has 0 aliphatic heterocycles. The van der Waals surface area contributed by atoms with E-state index in [0.29, 0.717) is 0 Å². The highest BCUT2D eigenvalue weighted by Gasteiger charge is 2.19. The summed E-state index contributed by atoms with van der Waals surface area (Å²) >= 11 is 0. The van der Waals surface area contributed by atoms with Crippen LogP contribution in [0.4, 0.5) is 5.69 Å². The second-order valence-electron chi connectivity index (χ2n) is 4.81. The molecule has 0 saturated carbocycles. The number of nitro benzene ring substituents is 1. The van der Waals surface area contributed by atoms with Gasteiger partial charge in [-0.15, -0.1) is 12.4 Å². The van der Waals surface area contributed by atoms with E-state index in [4.69, 9.17) is 10.5 Å². The summed E-state index contributed by atoms with van der Waals surface area (Å²) in [6.07, 6.45) is 0. The van der Waals surface area contributed by atoms with Crippen molar-refractivity contribution in [1.29, 1.82) is 0 Å². The second-order valence-corrected chi connectivity index (χ2v) is 4.81. The van der Waals surface area contributed by atoms with Crippen LogP contribution >= 0.6 is 12.4 Å². The number of rotatable bonds is 5. The molecule has 0 radical (unpaired) electrons. The fraction of sp³-hybridized carbons (Fsp3) is 0.417. The summed E-state index contributed by atoms with van der Waals surface area (Å²) in [4.78, 5) is 22.1. The number of amides is 1.